The van der Waals surface area contributed by atoms with E-state index in [0.717, 1.165) is 24.3 Å². The quantitative estimate of drug-likeness (QED) is 0.890. The summed E-state index contributed by atoms with van der Waals surface area (Å²) in [4.78, 5) is -0.0839. The molecule has 0 aromatic heterocycles. The predicted molar refractivity (Wildman–Crippen MR) is 68.4 cm³/mol. The largest absolute Gasteiger partial charge is 0.241 e. The third-order valence-electron chi connectivity index (χ3n) is 3.01. The molecular weight excluding hydrogens is 293 g/mol. The van der Waals surface area contributed by atoms with E-state index >= 15 is 0 Å². The maximum absolute atomic E-state index is 12.8. The molecule has 0 saturated carbocycles. The molecule has 0 unspecified atom stereocenters. The number of nitrogens with one attached hydrogen (secondary N) is 1. The van der Waals surface area contributed by atoms with Crippen LogP contribution in [-0.2, 0) is 19.9 Å². The first-order valence-corrected chi connectivity index (χ1v) is 8.92. The zero-order valence-electron chi connectivity index (χ0n) is 10.3. The molecule has 19 heavy (non-hydrogen) atoms. The minimum atomic E-state index is -3.85. The lowest BCUT2D eigenvalue weighted by Crippen LogP contribution is -2.46. The van der Waals surface area contributed by atoms with E-state index in [-0.39, 0.29) is 22.8 Å². The van der Waals surface area contributed by atoms with Crippen molar-refractivity contribution in [2.45, 2.75) is 23.8 Å². The Morgan fingerprint density at radius 1 is 1.26 bits per heavy atom. The second-order valence-corrected chi connectivity index (χ2v) is 8.83. The van der Waals surface area contributed by atoms with Gasteiger partial charge >= 0.3 is 0 Å². The van der Waals surface area contributed by atoms with Gasteiger partial charge in [-0.15, -0.1) is 0 Å². The van der Waals surface area contributed by atoms with E-state index in [1.54, 1.807) is 6.92 Å². The fourth-order valence-corrected chi connectivity index (χ4v) is 5.71. The first-order valence-electron chi connectivity index (χ1n) is 5.62. The van der Waals surface area contributed by atoms with E-state index in [1.807, 2.05) is 0 Å². The molecule has 0 spiro atoms. The van der Waals surface area contributed by atoms with Gasteiger partial charge in [-0.3, -0.25) is 0 Å². The average Bonchev–Trinajstić information content (AvgIpc) is 2.52. The van der Waals surface area contributed by atoms with Crippen molar-refractivity contribution in [3.05, 3.63) is 30.1 Å². The topological polar surface area (TPSA) is 80.3 Å². The molecule has 5 nitrogen and oxygen atoms in total. The van der Waals surface area contributed by atoms with Crippen LogP contribution in [0.5, 0.6) is 0 Å². The molecule has 1 aromatic carbocycles. The summed E-state index contributed by atoms with van der Waals surface area (Å²) in [7, 11) is -7.05. The summed E-state index contributed by atoms with van der Waals surface area (Å²) in [5.74, 6) is -0.788. The molecule has 8 heteroatoms. The molecule has 0 amide bonds. The lowest BCUT2D eigenvalue weighted by atomic mass is 10.0. The molecule has 1 heterocycles. The van der Waals surface area contributed by atoms with Crippen molar-refractivity contribution >= 4 is 19.9 Å². The molecule has 106 valence electrons. The maximum atomic E-state index is 12.8. The monoisotopic (exact) mass is 307 g/mol. The maximum Gasteiger partial charge on any atom is 0.241 e. The molecule has 0 radical (unpaired) electrons. The number of rotatable bonds is 3. The Hall–Kier alpha value is -0.990. The van der Waals surface area contributed by atoms with Crippen LogP contribution in [0.25, 0.3) is 0 Å². The first kappa shape index (κ1) is 14.4. The Balaban J connectivity index is 2.25. The van der Waals surface area contributed by atoms with Crippen LogP contribution in [-0.4, -0.2) is 33.9 Å². The van der Waals surface area contributed by atoms with E-state index in [4.69, 9.17) is 0 Å². The number of hydrogen-bond acceptors (Lipinski definition) is 4. The Kier molecular flexibility index (Phi) is 3.44. The fraction of sp³-hybridized carbons (Fsp3) is 0.455. The van der Waals surface area contributed by atoms with Crippen LogP contribution in [0.2, 0.25) is 0 Å². The number of hydrogen-bond donors (Lipinski definition) is 1. The molecule has 0 aliphatic carbocycles. The fourth-order valence-electron chi connectivity index (χ4n) is 2.09. The smallest absolute Gasteiger partial charge is 0.229 e. The minimum Gasteiger partial charge on any atom is -0.229 e. The lowest BCUT2D eigenvalue weighted by Gasteiger charge is -2.23. The highest BCUT2D eigenvalue weighted by molar-refractivity contribution is 7.92. The van der Waals surface area contributed by atoms with Crippen molar-refractivity contribution in [2.24, 2.45) is 0 Å². The standard InChI is InChI=1S/C11H14FNO4S2/c1-11(6-7-18(14,15)8-11)13-19(16,17)10-4-2-9(12)3-5-10/h2-5,13H,6-8H2,1H3/t11-/m0/s1. The molecule has 1 aliphatic heterocycles. The molecule has 0 bridgehead atoms. The van der Waals surface area contributed by atoms with Gasteiger partial charge in [0.05, 0.1) is 16.4 Å². The Morgan fingerprint density at radius 3 is 2.32 bits per heavy atom. The van der Waals surface area contributed by atoms with Gasteiger partial charge in [0, 0.05) is 5.54 Å². The van der Waals surface area contributed by atoms with Gasteiger partial charge in [0.15, 0.2) is 9.84 Å². The number of sulfonamides is 1. The van der Waals surface area contributed by atoms with E-state index in [2.05, 4.69) is 4.72 Å². The second-order valence-electron chi connectivity index (χ2n) is 4.96. The Labute approximate surface area is 111 Å². The lowest BCUT2D eigenvalue weighted by molar-refractivity contribution is 0.461. The molecular formula is C11H14FNO4S2. The summed E-state index contributed by atoms with van der Waals surface area (Å²) in [5.41, 5.74) is -1.01. The zero-order valence-corrected chi connectivity index (χ0v) is 11.9. The molecule has 1 N–H and O–H groups in total. The highest BCUT2D eigenvalue weighted by Crippen LogP contribution is 2.25. The van der Waals surface area contributed by atoms with Gasteiger partial charge in [0.25, 0.3) is 0 Å². The Morgan fingerprint density at radius 2 is 1.84 bits per heavy atom. The third kappa shape index (κ3) is 3.31. The van der Waals surface area contributed by atoms with Crippen LogP contribution in [0, 0.1) is 5.82 Å². The molecule has 1 aromatic rings. The van der Waals surface area contributed by atoms with Crippen molar-refractivity contribution in [2.75, 3.05) is 11.5 Å². The SMILES string of the molecule is C[C@]1(NS(=O)(=O)c2ccc(F)cc2)CCS(=O)(=O)C1. The van der Waals surface area contributed by atoms with Crippen LogP contribution < -0.4 is 4.72 Å². The summed E-state index contributed by atoms with van der Waals surface area (Å²) >= 11 is 0. The molecule has 2 rings (SSSR count). The molecule has 1 aliphatic rings. The van der Waals surface area contributed by atoms with Gasteiger partial charge in [-0.05, 0) is 37.6 Å². The summed E-state index contributed by atoms with van der Waals surface area (Å²) in [6.07, 6.45) is 0.232. The van der Waals surface area contributed by atoms with Gasteiger partial charge in [0.2, 0.25) is 10.0 Å². The van der Waals surface area contributed by atoms with Crippen molar-refractivity contribution in [3.63, 3.8) is 0 Å². The molecule has 1 atom stereocenters. The van der Waals surface area contributed by atoms with Crippen LogP contribution in [0.3, 0.4) is 0 Å². The summed E-state index contributed by atoms with van der Waals surface area (Å²) in [6, 6.07) is 4.37. The van der Waals surface area contributed by atoms with E-state index in [9.17, 15) is 21.2 Å². The highest BCUT2D eigenvalue weighted by Gasteiger charge is 2.41. The normalized spacial score (nSPS) is 26.4. The summed E-state index contributed by atoms with van der Waals surface area (Å²) in [5, 5.41) is 0. The Bertz CT molecular complexity index is 682. The highest BCUT2D eigenvalue weighted by atomic mass is 32.2. The van der Waals surface area contributed by atoms with Crippen molar-refractivity contribution in [1.82, 2.24) is 4.72 Å². The van der Waals surface area contributed by atoms with Gasteiger partial charge in [-0.25, -0.2) is 25.9 Å². The van der Waals surface area contributed by atoms with E-state index < -0.39 is 31.2 Å². The predicted octanol–water partition coefficient (Wildman–Crippen LogP) is 0.681. The number of benzene rings is 1. The van der Waals surface area contributed by atoms with Crippen molar-refractivity contribution < 1.29 is 21.2 Å². The first-order chi connectivity index (χ1) is 8.62. The van der Waals surface area contributed by atoms with Crippen molar-refractivity contribution in [3.8, 4) is 0 Å². The number of halogens is 1. The average molecular weight is 307 g/mol. The van der Waals surface area contributed by atoms with Crippen LogP contribution >= 0.6 is 0 Å². The summed E-state index contributed by atoms with van der Waals surface area (Å²) < 4.78 is 62.2. The van der Waals surface area contributed by atoms with Gasteiger partial charge in [-0.2, -0.15) is 0 Å². The van der Waals surface area contributed by atoms with Gasteiger partial charge in [0.1, 0.15) is 5.82 Å². The minimum absolute atomic E-state index is 0.0323. The van der Waals surface area contributed by atoms with Crippen LogP contribution in [0.15, 0.2) is 29.2 Å². The van der Waals surface area contributed by atoms with E-state index in [1.165, 1.54) is 0 Å². The van der Waals surface area contributed by atoms with Crippen LogP contribution in [0.1, 0.15) is 13.3 Å². The van der Waals surface area contributed by atoms with Crippen LogP contribution in [0.4, 0.5) is 4.39 Å². The van der Waals surface area contributed by atoms with Crippen molar-refractivity contribution in [1.29, 1.82) is 0 Å². The molecule has 1 saturated heterocycles. The summed E-state index contributed by atoms with van der Waals surface area (Å²) in [6.45, 7) is 1.55. The molecule has 1 fully saturated rings. The second kappa shape index (κ2) is 4.53. The third-order valence-corrected chi connectivity index (χ3v) is 6.57. The van der Waals surface area contributed by atoms with Gasteiger partial charge < -0.3 is 0 Å². The number of sulfone groups is 1. The zero-order chi connectivity index (χ0) is 14.3. The van der Waals surface area contributed by atoms with Gasteiger partial charge in [-0.1, -0.05) is 0 Å². The van der Waals surface area contributed by atoms with E-state index in [0.29, 0.717) is 0 Å².